The van der Waals surface area contributed by atoms with E-state index in [9.17, 15) is 4.79 Å². The number of benzene rings is 3. The Hall–Kier alpha value is -3.75. The third kappa shape index (κ3) is 5.06. The molecule has 4 rings (SSSR count). The first-order chi connectivity index (χ1) is 15.1. The van der Waals surface area contributed by atoms with Gasteiger partial charge in [0.15, 0.2) is 11.5 Å². The Labute approximate surface area is 185 Å². The van der Waals surface area contributed by atoms with Crippen molar-refractivity contribution >= 4 is 23.6 Å². The zero-order valence-electron chi connectivity index (χ0n) is 16.5. The predicted octanol–water partition coefficient (Wildman–Crippen LogP) is 5.66. The number of ether oxygens (including phenoxy) is 3. The van der Waals surface area contributed by atoms with E-state index in [2.05, 4.69) is 6.07 Å². The molecule has 0 bridgehead atoms. The van der Waals surface area contributed by atoms with Crippen molar-refractivity contribution in [2.24, 2.45) is 0 Å². The molecule has 3 aromatic rings. The summed E-state index contributed by atoms with van der Waals surface area (Å²) in [6.45, 7) is 1.11. The van der Waals surface area contributed by atoms with Gasteiger partial charge in [-0.15, -0.1) is 0 Å². The van der Waals surface area contributed by atoms with Gasteiger partial charge in [-0.25, -0.2) is 4.79 Å². The summed E-state index contributed by atoms with van der Waals surface area (Å²) in [6, 6.07) is 20.0. The topological polar surface area (TPSA) is 68.5 Å². The molecule has 0 unspecified atom stereocenters. The molecule has 6 heteroatoms. The summed E-state index contributed by atoms with van der Waals surface area (Å²) >= 11 is 6.28. The van der Waals surface area contributed by atoms with Crippen molar-refractivity contribution < 1.29 is 19.0 Å². The first-order valence-electron chi connectivity index (χ1n) is 9.72. The number of hydrogen-bond acceptors (Lipinski definition) is 5. The van der Waals surface area contributed by atoms with Gasteiger partial charge in [0.2, 0.25) is 0 Å². The molecule has 1 aliphatic heterocycles. The molecule has 1 aliphatic rings. The standard InChI is InChI=1S/C25H18ClNO4/c26-22-14-18(15-23-25(22)30-13-1-12-29-23)4-11-24(28)31-21-9-7-20(8-10-21)19-5-2-17(16-27)3-6-19/h2-11,14-15H,1,12-13H2. The highest BCUT2D eigenvalue weighted by Gasteiger charge is 2.15. The van der Waals surface area contributed by atoms with E-state index in [4.69, 9.17) is 31.1 Å². The zero-order valence-corrected chi connectivity index (χ0v) is 17.3. The van der Waals surface area contributed by atoms with Crippen LogP contribution < -0.4 is 14.2 Å². The molecule has 1 heterocycles. The maximum Gasteiger partial charge on any atom is 0.336 e. The van der Waals surface area contributed by atoms with Gasteiger partial charge in [0, 0.05) is 12.5 Å². The van der Waals surface area contributed by atoms with Gasteiger partial charge in [0.25, 0.3) is 0 Å². The molecule has 154 valence electrons. The van der Waals surface area contributed by atoms with Gasteiger partial charge < -0.3 is 14.2 Å². The minimum Gasteiger partial charge on any atom is -0.489 e. The van der Waals surface area contributed by atoms with Crippen LogP contribution in [0.3, 0.4) is 0 Å². The predicted molar refractivity (Wildman–Crippen MR) is 118 cm³/mol. The van der Waals surface area contributed by atoms with Crippen LogP contribution >= 0.6 is 11.6 Å². The zero-order chi connectivity index (χ0) is 21.6. The van der Waals surface area contributed by atoms with Crippen LogP contribution in [-0.4, -0.2) is 19.2 Å². The summed E-state index contributed by atoms with van der Waals surface area (Å²) in [5, 5.41) is 9.33. The van der Waals surface area contributed by atoms with Crippen molar-refractivity contribution in [1.29, 1.82) is 5.26 Å². The van der Waals surface area contributed by atoms with E-state index in [1.807, 2.05) is 24.3 Å². The second-order valence-corrected chi connectivity index (χ2v) is 7.26. The molecule has 0 fully saturated rings. The molecule has 0 radical (unpaired) electrons. The van der Waals surface area contributed by atoms with E-state index in [1.54, 1.807) is 42.5 Å². The van der Waals surface area contributed by atoms with Gasteiger partial charge in [-0.1, -0.05) is 35.9 Å². The lowest BCUT2D eigenvalue weighted by Crippen LogP contribution is -2.03. The number of esters is 1. The molecule has 0 saturated heterocycles. The highest BCUT2D eigenvalue weighted by atomic mass is 35.5. The van der Waals surface area contributed by atoms with Crippen molar-refractivity contribution in [3.63, 3.8) is 0 Å². The summed E-state index contributed by atoms with van der Waals surface area (Å²) in [4.78, 5) is 12.2. The Morgan fingerprint density at radius 2 is 1.68 bits per heavy atom. The van der Waals surface area contributed by atoms with Crippen molar-refractivity contribution in [3.05, 3.63) is 82.9 Å². The average molecular weight is 432 g/mol. The number of carbonyl (C=O) groups excluding carboxylic acids is 1. The maximum atomic E-state index is 12.2. The van der Waals surface area contributed by atoms with Gasteiger partial charge >= 0.3 is 5.97 Å². The van der Waals surface area contributed by atoms with E-state index in [0.29, 0.717) is 46.6 Å². The van der Waals surface area contributed by atoms with Crippen molar-refractivity contribution in [1.82, 2.24) is 0 Å². The third-order valence-electron chi connectivity index (χ3n) is 4.66. The number of carbonyl (C=O) groups is 1. The highest BCUT2D eigenvalue weighted by molar-refractivity contribution is 6.32. The lowest BCUT2D eigenvalue weighted by Gasteiger charge is -2.10. The number of fused-ring (bicyclic) bond motifs is 1. The van der Waals surface area contributed by atoms with E-state index in [0.717, 1.165) is 17.5 Å². The van der Waals surface area contributed by atoms with E-state index in [-0.39, 0.29) is 0 Å². The summed E-state index contributed by atoms with van der Waals surface area (Å²) in [5.41, 5.74) is 3.25. The Kier molecular flexibility index (Phi) is 6.21. The van der Waals surface area contributed by atoms with Crippen LogP contribution in [0.15, 0.2) is 66.7 Å². The third-order valence-corrected chi connectivity index (χ3v) is 4.94. The van der Waals surface area contributed by atoms with E-state index < -0.39 is 5.97 Å². The average Bonchev–Trinajstić information content (AvgIpc) is 3.04. The quantitative estimate of drug-likeness (QED) is 0.303. The molecule has 5 nitrogen and oxygen atoms in total. The minimum absolute atomic E-state index is 0.434. The fourth-order valence-electron chi connectivity index (χ4n) is 3.11. The smallest absolute Gasteiger partial charge is 0.336 e. The Balaban J connectivity index is 1.41. The number of nitrogens with zero attached hydrogens (tertiary/aromatic N) is 1. The van der Waals surface area contributed by atoms with E-state index >= 15 is 0 Å². The second-order valence-electron chi connectivity index (χ2n) is 6.85. The number of hydrogen-bond donors (Lipinski definition) is 0. The van der Waals surface area contributed by atoms with Crippen LogP contribution in [0.2, 0.25) is 5.02 Å². The van der Waals surface area contributed by atoms with E-state index in [1.165, 1.54) is 6.08 Å². The van der Waals surface area contributed by atoms with Gasteiger partial charge in [-0.3, -0.25) is 0 Å². The largest absolute Gasteiger partial charge is 0.489 e. The van der Waals surface area contributed by atoms with Crippen LogP contribution in [0.1, 0.15) is 17.5 Å². The Morgan fingerprint density at radius 3 is 2.39 bits per heavy atom. The number of nitriles is 1. The Bertz CT molecular complexity index is 1160. The minimum atomic E-state index is -0.505. The van der Waals surface area contributed by atoms with Crippen LogP contribution in [0.4, 0.5) is 0 Å². The van der Waals surface area contributed by atoms with Crippen LogP contribution in [0.25, 0.3) is 17.2 Å². The number of halogens is 1. The SMILES string of the molecule is N#Cc1ccc(-c2ccc(OC(=O)C=Cc3cc(Cl)c4c(c3)OCCCO4)cc2)cc1. The summed E-state index contributed by atoms with van der Waals surface area (Å²) < 4.78 is 16.6. The maximum absolute atomic E-state index is 12.2. The van der Waals surface area contributed by atoms with Crippen LogP contribution in [0, 0.1) is 11.3 Å². The van der Waals surface area contributed by atoms with Crippen LogP contribution in [-0.2, 0) is 4.79 Å². The molecule has 31 heavy (non-hydrogen) atoms. The molecular weight excluding hydrogens is 414 g/mol. The van der Waals surface area contributed by atoms with Crippen LogP contribution in [0.5, 0.6) is 17.2 Å². The molecule has 0 aliphatic carbocycles. The molecule has 0 amide bonds. The lowest BCUT2D eigenvalue weighted by atomic mass is 10.0. The molecule has 0 spiro atoms. The fourth-order valence-corrected chi connectivity index (χ4v) is 3.39. The molecule has 0 N–H and O–H groups in total. The summed E-state index contributed by atoms with van der Waals surface area (Å²) in [5.74, 6) is 1.02. The van der Waals surface area contributed by atoms with Crippen molar-refractivity contribution in [2.75, 3.05) is 13.2 Å². The highest BCUT2D eigenvalue weighted by Crippen LogP contribution is 2.38. The first kappa shape index (κ1) is 20.5. The second kappa shape index (κ2) is 9.38. The van der Waals surface area contributed by atoms with Gasteiger partial charge in [0.05, 0.1) is 29.9 Å². The van der Waals surface area contributed by atoms with Gasteiger partial charge in [0.1, 0.15) is 5.75 Å². The Morgan fingerprint density at radius 1 is 1.00 bits per heavy atom. The van der Waals surface area contributed by atoms with Crippen molar-refractivity contribution in [2.45, 2.75) is 6.42 Å². The normalized spacial score (nSPS) is 12.8. The summed E-state index contributed by atoms with van der Waals surface area (Å²) in [6.07, 6.45) is 3.74. The molecule has 0 atom stereocenters. The van der Waals surface area contributed by atoms with Gasteiger partial charge in [-0.05, 0) is 59.2 Å². The van der Waals surface area contributed by atoms with Crippen molar-refractivity contribution in [3.8, 4) is 34.4 Å². The molecule has 0 saturated carbocycles. The molecular formula is C25H18ClNO4. The molecule has 3 aromatic carbocycles. The first-order valence-corrected chi connectivity index (χ1v) is 10.1. The monoisotopic (exact) mass is 431 g/mol. The molecule has 0 aromatic heterocycles. The summed E-state index contributed by atoms with van der Waals surface area (Å²) in [7, 11) is 0. The fraction of sp³-hybridized carbons (Fsp3) is 0.120. The lowest BCUT2D eigenvalue weighted by molar-refractivity contribution is -0.128. The van der Waals surface area contributed by atoms with Gasteiger partial charge in [-0.2, -0.15) is 5.26 Å². The number of rotatable bonds is 4.